The lowest BCUT2D eigenvalue weighted by Gasteiger charge is -2.12. The van der Waals surface area contributed by atoms with E-state index in [1.165, 1.54) is 30.3 Å². The van der Waals surface area contributed by atoms with Crippen LogP contribution in [0.1, 0.15) is 58.1 Å². The molecule has 5 nitrogen and oxygen atoms in total. The second kappa shape index (κ2) is 10.9. The molecule has 4 rings (SSSR count). The van der Waals surface area contributed by atoms with Crippen molar-refractivity contribution in [3.8, 4) is 0 Å². The fourth-order valence-electron chi connectivity index (χ4n) is 4.30. The minimum absolute atomic E-state index is 0.00470. The summed E-state index contributed by atoms with van der Waals surface area (Å²) in [7, 11) is -4.04. The number of carbonyl (C=O) groups is 1. The number of aromatic nitrogens is 1. The molecule has 0 unspecified atom stereocenters. The van der Waals surface area contributed by atoms with Gasteiger partial charge in [0.2, 0.25) is 10.0 Å². The molecule has 0 atom stereocenters. The Labute approximate surface area is 229 Å². The molecule has 0 saturated carbocycles. The van der Waals surface area contributed by atoms with Gasteiger partial charge in [0.1, 0.15) is 0 Å². The standard InChI is InChI=1S/C29H25ClF3NO4S/c1-18(2)21-8-5-19(6-9-21)4-3-13-39(37,38)34-24(14-20-7-11-25(28(35)36)26(30)15-20)17-22-16-23(29(31,32)33)10-12-27(22)34/h3-12,15-18H,13-14H2,1-2H3,(H,35,36). The van der Waals surface area contributed by atoms with Gasteiger partial charge in [-0.3, -0.25) is 0 Å². The fraction of sp³-hybridized carbons (Fsp3) is 0.207. The van der Waals surface area contributed by atoms with Crippen molar-refractivity contribution in [2.75, 3.05) is 5.75 Å². The highest BCUT2D eigenvalue weighted by Crippen LogP contribution is 2.34. The largest absolute Gasteiger partial charge is 0.478 e. The molecule has 10 heteroatoms. The molecule has 39 heavy (non-hydrogen) atoms. The van der Waals surface area contributed by atoms with Gasteiger partial charge in [-0.15, -0.1) is 0 Å². The first-order valence-electron chi connectivity index (χ1n) is 12.0. The highest BCUT2D eigenvalue weighted by atomic mass is 35.5. The summed E-state index contributed by atoms with van der Waals surface area (Å²) >= 11 is 6.08. The number of halogens is 4. The topological polar surface area (TPSA) is 76.4 Å². The Morgan fingerprint density at radius 3 is 2.31 bits per heavy atom. The van der Waals surface area contributed by atoms with Gasteiger partial charge in [-0.05, 0) is 59.0 Å². The van der Waals surface area contributed by atoms with Crippen molar-refractivity contribution in [3.05, 3.63) is 111 Å². The van der Waals surface area contributed by atoms with Crippen LogP contribution in [-0.2, 0) is 22.6 Å². The number of alkyl halides is 3. The Hall–Kier alpha value is -3.56. The molecule has 0 amide bonds. The number of aromatic carboxylic acids is 1. The fourth-order valence-corrected chi connectivity index (χ4v) is 6.01. The zero-order valence-corrected chi connectivity index (χ0v) is 22.6. The summed E-state index contributed by atoms with van der Waals surface area (Å²) in [6.45, 7) is 4.14. The summed E-state index contributed by atoms with van der Waals surface area (Å²) in [6.07, 6.45) is -1.42. The summed E-state index contributed by atoms with van der Waals surface area (Å²) in [5.41, 5.74) is 1.79. The van der Waals surface area contributed by atoms with Gasteiger partial charge < -0.3 is 5.11 Å². The second-order valence-corrected chi connectivity index (χ2v) is 11.7. The van der Waals surface area contributed by atoms with Gasteiger partial charge in [0, 0.05) is 17.5 Å². The summed E-state index contributed by atoms with van der Waals surface area (Å²) in [5.74, 6) is -1.25. The minimum atomic E-state index is -4.59. The maximum absolute atomic E-state index is 13.5. The molecule has 4 aromatic rings. The first-order valence-corrected chi connectivity index (χ1v) is 14.0. The van der Waals surface area contributed by atoms with Gasteiger partial charge in [-0.2, -0.15) is 13.2 Å². The molecule has 0 aliphatic carbocycles. The minimum Gasteiger partial charge on any atom is -0.478 e. The Bertz CT molecular complexity index is 1670. The molecule has 0 saturated heterocycles. The smallest absolute Gasteiger partial charge is 0.416 e. The van der Waals surface area contributed by atoms with Crippen LogP contribution in [0.4, 0.5) is 13.2 Å². The van der Waals surface area contributed by atoms with Crippen LogP contribution in [0.2, 0.25) is 5.02 Å². The number of carboxylic acid groups (broad SMARTS) is 1. The quantitative estimate of drug-likeness (QED) is 0.234. The predicted molar refractivity (Wildman–Crippen MR) is 147 cm³/mol. The molecular formula is C29H25ClF3NO4S. The van der Waals surface area contributed by atoms with E-state index in [0.717, 1.165) is 33.3 Å². The van der Waals surface area contributed by atoms with Crippen LogP contribution < -0.4 is 0 Å². The molecule has 0 spiro atoms. The second-order valence-electron chi connectivity index (χ2n) is 9.47. The number of hydrogen-bond donors (Lipinski definition) is 1. The highest BCUT2D eigenvalue weighted by Gasteiger charge is 2.31. The third-order valence-electron chi connectivity index (χ3n) is 6.30. The molecule has 0 aliphatic heterocycles. The Kier molecular flexibility index (Phi) is 7.95. The van der Waals surface area contributed by atoms with Crippen LogP contribution >= 0.6 is 11.6 Å². The van der Waals surface area contributed by atoms with Crippen LogP contribution in [-0.4, -0.2) is 29.2 Å². The number of benzene rings is 3. The maximum atomic E-state index is 13.5. The number of hydrogen-bond acceptors (Lipinski definition) is 3. The Morgan fingerprint density at radius 1 is 1.03 bits per heavy atom. The van der Waals surface area contributed by atoms with Gasteiger partial charge >= 0.3 is 12.1 Å². The van der Waals surface area contributed by atoms with Gasteiger partial charge in [0.25, 0.3) is 0 Å². The van der Waals surface area contributed by atoms with E-state index >= 15 is 0 Å². The summed E-state index contributed by atoms with van der Waals surface area (Å²) in [5, 5.41) is 9.30. The van der Waals surface area contributed by atoms with Crippen LogP contribution in [0.5, 0.6) is 0 Å². The molecule has 1 aromatic heterocycles. The van der Waals surface area contributed by atoms with Crippen molar-refractivity contribution in [2.45, 2.75) is 32.4 Å². The molecule has 0 radical (unpaired) electrons. The lowest BCUT2D eigenvalue weighted by Crippen LogP contribution is -2.18. The van der Waals surface area contributed by atoms with E-state index in [0.29, 0.717) is 11.5 Å². The van der Waals surface area contributed by atoms with Crippen molar-refractivity contribution in [2.24, 2.45) is 0 Å². The normalized spacial score (nSPS) is 12.6. The number of nitrogens with zero attached hydrogens (tertiary/aromatic N) is 1. The summed E-state index contributed by atoms with van der Waals surface area (Å²) in [4.78, 5) is 11.3. The lowest BCUT2D eigenvalue weighted by atomic mass is 10.0. The van der Waals surface area contributed by atoms with Crippen molar-refractivity contribution in [1.29, 1.82) is 0 Å². The highest BCUT2D eigenvalue weighted by molar-refractivity contribution is 7.90. The van der Waals surface area contributed by atoms with E-state index in [1.807, 2.05) is 24.3 Å². The molecule has 0 aliphatic rings. The molecular weight excluding hydrogens is 551 g/mol. The summed E-state index contributed by atoms with van der Waals surface area (Å²) < 4.78 is 68.2. The van der Waals surface area contributed by atoms with E-state index in [4.69, 9.17) is 11.6 Å². The van der Waals surface area contributed by atoms with Crippen molar-refractivity contribution in [3.63, 3.8) is 0 Å². The third kappa shape index (κ3) is 6.37. The monoisotopic (exact) mass is 575 g/mol. The Balaban J connectivity index is 1.73. The first-order chi connectivity index (χ1) is 18.3. The molecule has 0 bridgehead atoms. The molecule has 0 fully saturated rings. The number of fused-ring (bicyclic) bond motifs is 1. The van der Waals surface area contributed by atoms with Gasteiger partial charge in [0.15, 0.2) is 0 Å². The molecule has 1 N–H and O–H groups in total. The predicted octanol–water partition coefficient (Wildman–Crippen LogP) is 7.62. The van der Waals surface area contributed by atoms with E-state index in [9.17, 15) is 31.5 Å². The number of rotatable bonds is 8. The van der Waals surface area contributed by atoms with Crippen LogP contribution in [0, 0.1) is 0 Å². The first kappa shape index (κ1) is 28.4. The number of carboxylic acids is 1. The zero-order chi connectivity index (χ0) is 28.5. The SMILES string of the molecule is CC(C)c1ccc(C=CCS(=O)(=O)n2c(Cc3ccc(C(=O)O)c(Cl)c3)cc3cc(C(F)(F)F)ccc32)cc1. The third-order valence-corrected chi connectivity index (χ3v) is 8.22. The van der Waals surface area contributed by atoms with E-state index in [2.05, 4.69) is 13.8 Å². The summed E-state index contributed by atoms with van der Waals surface area (Å²) in [6, 6.07) is 16.2. The van der Waals surface area contributed by atoms with E-state index in [-0.39, 0.29) is 33.6 Å². The van der Waals surface area contributed by atoms with Crippen molar-refractivity contribution < 1.29 is 31.5 Å². The van der Waals surface area contributed by atoms with Crippen LogP contribution in [0.15, 0.2) is 72.8 Å². The van der Waals surface area contributed by atoms with Gasteiger partial charge in [0.05, 0.1) is 27.4 Å². The molecule has 3 aromatic carbocycles. The van der Waals surface area contributed by atoms with Crippen LogP contribution in [0.3, 0.4) is 0 Å². The molecule has 1 heterocycles. The maximum Gasteiger partial charge on any atom is 0.416 e. The van der Waals surface area contributed by atoms with Gasteiger partial charge in [-0.1, -0.05) is 67.9 Å². The van der Waals surface area contributed by atoms with Crippen molar-refractivity contribution in [1.82, 2.24) is 3.97 Å². The van der Waals surface area contributed by atoms with E-state index < -0.39 is 33.5 Å². The van der Waals surface area contributed by atoms with E-state index in [1.54, 1.807) is 6.08 Å². The molecule has 204 valence electrons. The zero-order valence-electron chi connectivity index (χ0n) is 21.0. The Morgan fingerprint density at radius 2 is 1.72 bits per heavy atom. The lowest BCUT2D eigenvalue weighted by molar-refractivity contribution is -0.137. The van der Waals surface area contributed by atoms with Crippen molar-refractivity contribution >= 4 is 44.6 Å². The van der Waals surface area contributed by atoms with Gasteiger partial charge in [-0.25, -0.2) is 17.2 Å². The average molecular weight is 576 g/mol. The average Bonchev–Trinajstić information content (AvgIpc) is 3.21. The van der Waals surface area contributed by atoms with Crippen LogP contribution in [0.25, 0.3) is 17.0 Å².